The monoisotopic (exact) mass is 356 g/mol. The maximum atomic E-state index is 5.47. The van der Waals surface area contributed by atoms with Crippen LogP contribution in [0.2, 0.25) is 0 Å². The zero-order chi connectivity index (χ0) is 17.9. The highest BCUT2D eigenvalue weighted by atomic mass is 16.5. The number of rotatable bonds is 4. The van der Waals surface area contributed by atoms with Gasteiger partial charge in [0.2, 0.25) is 0 Å². The summed E-state index contributed by atoms with van der Waals surface area (Å²) in [6.45, 7) is 11.3. The first-order chi connectivity index (χ1) is 12.7. The zero-order valence-electron chi connectivity index (χ0n) is 15.8. The molecular weight excluding hydrogens is 328 g/mol. The zero-order valence-corrected chi connectivity index (χ0v) is 15.8. The van der Waals surface area contributed by atoms with Gasteiger partial charge in [0.05, 0.1) is 5.69 Å². The van der Waals surface area contributed by atoms with Gasteiger partial charge in [0.25, 0.3) is 0 Å². The van der Waals surface area contributed by atoms with E-state index < -0.39 is 0 Å². The Labute approximate surface area is 155 Å². The van der Waals surface area contributed by atoms with E-state index in [1.807, 2.05) is 17.7 Å². The van der Waals surface area contributed by atoms with Crippen LogP contribution < -0.4 is 4.90 Å². The third-order valence-electron chi connectivity index (χ3n) is 5.42. The molecule has 2 aliphatic heterocycles. The van der Waals surface area contributed by atoms with Crippen molar-refractivity contribution in [1.82, 2.24) is 24.6 Å². The Morgan fingerprint density at radius 3 is 2.42 bits per heavy atom. The van der Waals surface area contributed by atoms with E-state index in [-0.39, 0.29) is 0 Å². The molecule has 2 aliphatic rings. The maximum absolute atomic E-state index is 5.47. The molecule has 2 saturated heterocycles. The van der Waals surface area contributed by atoms with Gasteiger partial charge in [-0.2, -0.15) is 5.10 Å². The molecule has 26 heavy (non-hydrogen) atoms. The van der Waals surface area contributed by atoms with E-state index in [2.05, 4.69) is 37.9 Å². The molecule has 2 aromatic heterocycles. The molecule has 4 heterocycles. The second-order valence-electron chi connectivity index (χ2n) is 7.42. The molecule has 7 nitrogen and oxygen atoms in total. The molecule has 0 amide bonds. The van der Waals surface area contributed by atoms with Gasteiger partial charge in [0.1, 0.15) is 12.1 Å². The van der Waals surface area contributed by atoms with Crippen LogP contribution in [0.15, 0.2) is 18.5 Å². The fourth-order valence-electron chi connectivity index (χ4n) is 3.94. The normalized spacial score (nSPS) is 19.8. The second-order valence-corrected chi connectivity index (χ2v) is 7.42. The number of hydrogen-bond acceptors (Lipinski definition) is 6. The lowest BCUT2D eigenvalue weighted by Gasteiger charge is -2.37. The van der Waals surface area contributed by atoms with Gasteiger partial charge in [-0.05, 0) is 38.7 Å². The van der Waals surface area contributed by atoms with Crippen molar-refractivity contribution in [3.8, 4) is 5.82 Å². The molecule has 2 fully saturated rings. The first kappa shape index (κ1) is 17.4. The Balaban J connectivity index is 1.38. The lowest BCUT2D eigenvalue weighted by atomic mass is 9.99. The van der Waals surface area contributed by atoms with Crippen LogP contribution in [0.1, 0.15) is 24.2 Å². The average molecular weight is 356 g/mol. The van der Waals surface area contributed by atoms with Crippen LogP contribution >= 0.6 is 0 Å². The Morgan fingerprint density at radius 2 is 1.73 bits per heavy atom. The molecular formula is C19H28N6O. The van der Waals surface area contributed by atoms with E-state index in [0.717, 1.165) is 68.3 Å². The van der Waals surface area contributed by atoms with Gasteiger partial charge in [-0.25, -0.2) is 14.6 Å². The van der Waals surface area contributed by atoms with Gasteiger partial charge in [-0.1, -0.05) is 0 Å². The molecule has 0 spiro atoms. The van der Waals surface area contributed by atoms with E-state index in [1.165, 1.54) is 19.4 Å². The summed E-state index contributed by atoms with van der Waals surface area (Å²) in [4.78, 5) is 13.9. The smallest absolute Gasteiger partial charge is 0.159 e. The number of nitrogens with zero attached hydrogens (tertiary/aromatic N) is 6. The highest BCUT2D eigenvalue weighted by Gasteiger charge is 2.22. The van der Waals surface area contributed by atoms with Gasteiger partial charge >= 0.3 is 0 Å². The minimum atomic E-state index is 0.798. The average Bonchev–Trinajstić information content (AvgIpc) is 3.01. The summed E-state index contributed by atoms with van der Waals surface area (Å²) < 4.78 is 7.36. The summed E-state index contributed by atoms with van der Waals surface area (Å²) in [6, 6.07) is 4.12. The summed E-state index contributed by atoms with van der Waals surface area (Å²) in [7, 11) is 0. The molecule has 4 rings (SSSR count). The molecule has 0 saturated carbocycles. The first-order valence-electron chi connectivity index (χ1n) is 9.60. The molecule has 0 atom stereocenters. The molecule has 7 heteroatoms. The minimum Gasteiger partial charge on any atom is -0.381 e. The van der Waals surface area contributed by atoms with Gasteiger partial charge in [-0.15, -0.1) is 0 Å². The summed E-state index contributed by atoms with van der Waals surface area (Å²) in [5.74, 6) is 2.63. The Morgan fingerprint density at radius 1 is 1.00 bits per heavy atom. The van der Waals surface area contributed by atoms with E-state index in [0.29, 0.717) is 0 Å². The second kappa shape index (κ2) is 7.72. The fourth-order valence-corrected chi connectivity index (χ4v) is 3.94. The van der Waals surface area contributed by atoms with E-state index in [1.54, 1.807) is 6.33 Å². The van der Waals surface area contributed by atoms with Crippen molar-refractivity contribution in [1.29, 1.82) is 0 Å². The van der Waals surface area contributed by atoms with E-state index >= 15 is 0 Å². The van der Waals surface area contributed by atoms with Crippen molar-refractivity contribution >= 4 is 5.82 Å². The topological polar surface area (TPSA) is 59.3 Å². The quantitative estimate of drug-likeness (QED) is 0.833. The number of hydrogen-bond donors (Lipinski definition) is 0. The van der Waals surface area contributed by atoms with Crippen molar-refractivity contribution < 1.29 is 4.74 Å². The SMILES string of the molecule is Cc1cc(C)n(-c2cc(N3CCN(CC4CCOCC4)CC3)ncn2)n1. The highest BCUT2D eigenvalue weighted by Crippen LogP contribution is 2.20. The molecule has 0 N–H and O–H groups in total. The lowest BCUT2D eigenvalue weighted by Crippen LogP contribution is -2.48. The van der Waals surface area contributed by atoms with Crippen molar-refractivity contribution in [2.45, 2.75) is 26.7 Å². The standard InChI is InChI=1S/C19H28N6O/c1-15-11-16(2)25(22-15)19-12-18(20-14-21-19)24-7-5-23(6-8-24)13-17-3-9-26-10-4-17/h11-12,14,17H,3-10,13H2,1-2H3. The van der Waals surface area contributed by atoms with Gasteiger partial charge in [0.15, 0.2) is 5.82 Å². The molecule has 2 aromatic rings. The van der Waals surface area contributed by atoms with Gasteiger partial charge < -0.3 is 9.64 Å². The van der Waals surface area contributed by atoms with Crippen molar-refractivity contribution in [3.63, 3.8) is 0 Å². The third-order valence-corrected chi connectivity index (χ3v) is 5.42. The largest absolute Gasteiger partial charge is 0.381 e. The summed E-state index contributed by atoms with van der Waals surface area (Å²) >= 11 is 0. The Kier molecular flexibility index (Phi) is 5.17. The van der Waals surface area contributed by atoms with E-state index in [4.69, 9.17) is 4.74 Å². The van der Waals surface area contributed by atoms with Crippen LogP contribution in [-0.2, 0) is 4.74 Å². The van der Waals surface area contributed by atoms with Crippen molar-refractivity contribution in [2.24, 2.45) is 5.92 Å². The molecule has 0 aromatic carbocycles. The number of ether oxygens (including phenoxy) is 1. The van der Waals surface area contributed by atoms with E-state index in [9.17, 15) is 0 Å². The van der Waals surface area contributed by atoms with Gasteiger partial charge in [-0.3, -0.25) is 4.90 Å². The fraction of sp³-hybridized carbons (Fsp3) is 0.632. The van der Waals surface area contributed by atoms with Crippen LogP contribution in [0.25, 0.3) is 5.82 Å². The van der Waals surface area contributed by atoms with Crippen LogP contribution in [-0.4, -0.2) is 70.6 Å². The molecule has 140 valence electrons. The lowest BCUT2D eigenvalue weighted by molar-refractivity contribution is 0.0517. The predicted octanol–water partition coefficient (Wildman–Crippen LogP) is 1.83. The Bertz CT molecular complexity index is 731. The third kappa shape index (κ3) is 3.88. The summed E-state index contributed by atoms with van der Waals surface area (Å²) in [5, 5.41) is 4.53. The maximum Gasteiger partial charge on any atom is 0.159 e. The molecule has 0 unspecified atom stereocenters. The molecule has 0 bridgehead atoms. The highest BCUT2D eigenvalue weighted by molar-refractivity contribution is 5.44. The van der Waals surface area contributed by atoms with Crippen LogP contribution in [0.5, 0.6) is 0 Å². The predicted molar refractivity (Wildman–Crippen MR) is 101 cm³/mol. The number of aromatic nitrogens is 4. The van der Waals surface area contributed by atoms with Gasteiger partial charge in [0, 0.05) is 57.7 Å². The van der Waals surface area contributed by atoms with Crippen molar-refractivity contribution in [2.75, 3.05) is 50.8 Å². The van der Waals surface area contributed by atoms with Crippen molar-refractivity contribution in [3.05, 3.63) is 29.8 Å². The Hall–Kier alpha value is -1.99. The minimum absolute atomic E-state index is 0.798. The van der Waals surface area contributed by atoms with Crippen LogP contribution in [0.4, 0.5) is 5.82 Å². The summed E-state index contributed by atoms with van der Waals surface area (Å²) in [6.07, 6.45) is 4.06. The summed E-state index contributed by atoms with van der Waals surface area (Å²) in [5.41, 5.74) is 2.10. The number of aryl methyl sites for hydroxylation is 2. The molecule has 0 radical (unpaired) electrons. The number of piperazine rings is 1. The van der Waals surface area contributed by atoms with Crippen LogP contribution in [0, 0.1) is 19.8 Å². The van der Waals surface area contributed by atoms with Crippen LogP contribution in [0.3, 0.4) is 0 Å². The first-order valence-corrected chi connectivity index (χ1v) is 9.60. The molecule has 0 aliphatic carbocycles. The number of anilines is 1.